The van der Waals surface area contributed by atoms with E-state index in [1.165, 1.54) is 0 Å². The summed E-state index contributed by atoms with van der Waals surface area (Å²) in [6.07, 6.45) is 5.12. The Kier molecular flexibility index (Phi) is 4.87. The minimum atomic E-state index is -0.485. The molecule has 0 unspecified atom stereocenters. The molecule has 0 bridgehead atoms. The van der Waals surface area contributed by atoms with Crippen LogP contribution in [0.15, 0.2) is 24.5 Å². The molecule has 1 saturated heterocycles. The Hall–Kier alpha value is -2.64. The van der Waals surface area contributed by atoms with Crippen LogP contribution >= 0.6 is 0 Å². The van der Waals surface area contributed by atoms with Crippen LogP contribution in [0.2, 0.25) is 0 Å². The fraction of sp³-hybridized carbons (Fsp3) is 0.529. The summed E-state index contributed by atoms with van der Waals surface area (Å²) in [5.74, 6) is -0.167. The average Bonchev–Trinajstić information content (AvgIpc) is 3.32. The third-order valence-electron chi connectivity index (χ3n) is 4.64. The second kappa shape index (κ2) is 7.08. The third kappa shape index (κ3) is 3.29. The van der Waals surface area contributed by atoms with E-state index < -0.39 is 12.1 Å². The minimum Gasteiger partial charge on any atom is -0.360 e. The molecule has 8 nitrogen and oxygen atoms in total. The van der Waals surface area contributed by atoms with E-state index in [9.17, 15) is 9.59 Å². The number of nitrogens with zero attached hydrogens (tertiary/aromatic N) is 4. The van der Waals surface area contributed by atoms with Gasteiger partial charge in [-0.25, -0.2) is 4.68 Å². The first kappa shape index (κ1) is 17.2. The van der Waals surface area contributed by atoms with Crippen LogP contribution in [-0.4, -0.2) is 56.3 Å². The van der Waals surface area contributed by atoms with Crippen LogP contribution in [0.4, 0.5) is 0 Å². The highest BCUT2D eigenvalue weighted by Crippen LogP contribution is 2.27. The van der Waals surface area contributed by atoms with Crippen molar-refractivity contribution in [2.24, 2.45) is 5.92 Å². The van der Waals surface area contributed by atoms with Gasteiger partial charge in [0.1, 0.15) is 17.8 Å². The lowest BCUT2D eigenvalue weighted by Crippen LogP contribution is -2.48. The number of aromatic amines is 1. The molecule has 3 heterocycles. The maximum absolute atomic E-state index is 13.2. The van der Waals surface area contributed by atoms with Gasteiger partial charge in [-0.15, -0.1) is 5.10 Å². The van der Waals surface area contributed by atoms with E-state index in [1.54, 1.807) is 22.8 Å². The van der Waals surface area contributed by atoms with E-state index in [0.29, 0.717) is 18.7 Å². The first-order valence-electron chi connectivity index (χ1n) is 8.60. The number of hydrogen-bond acceptors (Lipinski definition) is 4. The summed E-state index contributed by atoms with van der Waals surface area (Å²) in [5.41, 5.74) is 1.54. The van der Waals surface area contributed by atoms with Crippen LogP contribution < -0.4 is 5.32 Å². The highest BCUT2D eigenvalue weighted by molar-refractivity contribution is 5.89. The summed E-state index contributed by atoms with van der Waals surface area (Å²) in [5, 5.41) is 11.0. The Morgan fingerprint density at radius 1 is 1.40 bits per heavy atom. The second-order valence-corrected chi connectivity index (χ2v) is 6.66. The first-order chi connectivity index (χ1) is 12.0. The van der Waals surface area contributed by atoms with E-state index in [1.807, 2.05) is 32.2 Å². The molecule has 134 valence electrons. The maximum Gasteiger partial charge on any atom is 0.248 e. The van der Waals surface area contributed by atoms with Gasteiger partial charge in [-0.2, -0.15) is 0 Å². The van der Waals surface area contributed by atoms with Crippen molar-refractivity contribution in [1.29, 1.82) is 0 Å². The molecule has 1 aliphatic heterocycles. The van der Waals surface area contributed by atoms with E-state index in [-0.39, 0.29) is 17.7 Å². The van der Waals surface area contributed by atoms with Crippen molar-refractivity contribution < 1.29 is 9.59 Å². The molecule has 2 N–H and O–H groups in total. The molecule has 2 atom stereocenters. The molecule has 2 aromatic rings. The van der Waals surface area contributed by atoms with Gasteiger partial charge in [0.2, 0.25) is 11.8 Å². The lowest BCUT2D eigenvalue weighted by atomic mass is 10.0. The van der Waals surface area contributed by atoms with Crippen molar-refractivity contribution in [3.8, 4) is 11.4 Å². The molecule has 0 saturated carbocycles. The van der Waals surface area contributed by atoms with E-state index in [2.05, 4.69) is 20.6 Å². The van der Waals surface area contributed by atoms with Crippen LogP contribution in [0, 0.1) is 5.92 Å². The molecule has 1 aliphatic rings. The van der Waals surface area contributed by atoms with Crippen molar-refractivity contribution in [2.45, 2.75) is 38.8 Å². The highest BCUT2D eigenvalue weighted by atomic mass is 16.2. The lowest BCUT2D eigenvalue weighted by molar-refractivity contribution is -0.142. The first-order valence-corrected chi connectivity index (χ1v) is 8.60. The number of likely N-dealkylation sites (N-methyl/N-ethyl adjacent to an activating group) is 1. The van der Waals surface area contributed by atoms with Crippen LogP contribution in [0.3, 0.4) is 0 Å². The Labute approximate surface area is 146 Å². The summed E-state index contributed by atoms with van der Waals surface area (Å²) >= 11 is 0. The number of likely N-dealkylation sites (tertiary alicyclic amines) is 1. The van der Waals surface area contributed by atoms with Gasteiger partial charge in [-0.1, -0.05) is 19.1 Å². The Balaban J connectivity index is 1.86. The number of H-pyrrole nitrogens is 1. The van der Waals surface area contributed by atoms with Crippen LogP contribution in [0.1, 0.15) is 32.7 Å². The zero-order valence-electron chi connectivity index (χ0n) is 14.8. The molecule has 2 amide bonds. The smallest absolute Gasteiger partial charge is 0.248 e. The zero-order chi connectivity index (χ0) is 18.0. The topological polar surface area (TPSA) is 95.9 Å². The molecule has 0 radical (unpaired) electrons. The number of rotatable bonds is 5. The van der Waals surface area contributed by atoms with Crippen molar-refractivity contribution in [3.63, 3.8) is 0 Å². The molecular formula is C17H24N6O2. The average molecular weight is 344 g/mol. The summed E-state index contributed by atoms with van der Waals surface area (Å²) in [7, 11) is 1.60. The quantitative estimate of drug-likeness (QED) is 0.852. The zero-order valence-corrected chi connectivity index (χ0v) is 14.8. The number of amides is 2. The van der Waals surface area contributed by atoms with Gasteiger partial charge in [0, 0.05) is 19.8 Å². The largest absolute Gasteiger partial charge is 0.360 e. The second-order valence-electron chi connectivity index (χ2n) is 6.66. The van der Waals surface area contributed by atoms with Gasteiger partial charge >= 0.3 is 0 Å². The van der Waals surface area contributed by atoms with Crippen molar-refractivity contribution in [3.05, 3.63) is 24.5 Å². The number of carbonyl (C=O) groups is 2. The molecule has 3 rings (SSSR count). The standard InChI is InChI=1S/C17H24N6O2/c1-11(2)15(17(25)22-9-5-7-14(22)16(24)18-3)23-10-13(20-21-23)12-6-4-8-19-12/h4,6,8,10-11,14-15,19H,5,7,9H2,1-3H3,(H,18,24)/t14-,15-/m0/s1. The number of nitrogens with one attached hydrogen (secondary N) is 2. The molecule has 0 spiro atoms. The van der Waals surface area contributed by atoms with Crippen molar-refractivity contribution >= 4 is 11.8 Å². The number of aromatic nitrogens is 4. The minimum absolute atomic E-state index is 0.0247. The molecule has 25 heavy (non-hydrogen) atoms. The van der Waals surface area contributed by atoms with E-state index >= 15 is 0 Å². The normalized spacial score (nSPS) is 18.6. The Bertz CT molecular complexity index is 736. The SMILES string of the molecule is CNC(=O)[C@@H]1CCCN1C(=O)[C@H](C(C)C)n1cc(-c2ccc[nH]2)nn1. The highest BCUT2D eigenvalue weighted by Gasteiger charge is 2.38. The Morgan fingerprint density at radius 2 is 2.20 bits per heavy atom. The molecule has 1 fully saturated rings. The fourth-order valence-electron chi connectivity index (χ4n) is 3.37. The van der Waals surface area contributed by atoms with Crippen molar-refractivity contribution in [2.75, 3.05) is 13.6 Å². The van der Waals surface area contributed by atoms with Gasteiger partial charge in [0.25, 0.3) is 0 Å². The van der Waals surface area contributed by atoms with Crippen LogP contribution in [0.5, 0.6) is 0 Å². The lowest BCUT2D eigenvalue weighted by Gasteiger charge is -2.29. The van der Waals surface area contributed by atoms with Gasteiger partial charge in [0.15, 0.2) is 0 Å². The van der Waals surface area contributed by atoms with Gasteiger partial charge < -0.3 is 15.2 Å². The van der Waals surface area contributed by atoms with E-state index in [4.69, 9.17) is 0 Å². The van der Waals surface area contributed by atoms with Crippen LogP contribution in [0.25, 0.3) is 11.4 Å². The summed E-state index contributed by atoms with van der Waals surface area (Å²) in [6.45, 7) is 4.55. The van der Waals surface area contributed by atoms with Gasteiger partial charge in [-0.3, -0.25) is 9.59 Å². The molecule has 2 aromatic heterocycles. The summed E-state index contributed by atoms with van der Waals surface area (Å²) < 4.78 is 1.61. The molecular weight excluding hydrogens is 320 g/mol. The molecule has 8 heteroatoms. The predicted octanol–water partition coefficient (Wildman–Crippen LogP) is 1.21. The summed E-state index contributed by atoms with van der Waals surface area (Å²) in [6, 6.07) is 2.91. The third-order valence-corrected chi connectivity index (χ3v) is 4.64. The van der Waals surface area contributed by atoms with Crippen molar-refractivity contribution in [1.82, 2.24) is 30.2 Å². The monoisotopic (exact) mass is 344 g/mol. The number of carbonyl (C=O) groups excluding carboxylic acids is 2. The van der Waals surface area contributed by atoms with E-state index in [0.717, 1.165) is 12.1 Å². The van der Waals surface area contributed by atoms with Gasteiger partial charge in [-0.05, 0) is 30.9 Å². The fourth-order valence-corrected chi connectivity index (χ4v) is 3.37. The summed E-state index contributed by atoms with van der Waals surface area (Å²) in [4.78, 5) is 30.0. The molecule has 0 aromatic carbocycles. The molecule has 0 aliphatic carbocycles. The van der Waals surface area contributed by atoms with Gasteiger partial charge in [0.05, 0.1) is 11.9 Å². The maximum atomic E-state index is 13.2. The predicted molar refractivity (Wildman–Crippen MR) is 92.5 cm³/mol. The Morgan fingerprint density at radius 3 is 2.84 bits per heavy atom. The van der Waals surface area contributed by atoms with Crippen LogP contribution in [-0.2, 0) is 9.59 Å². The number of hydrogen-bond donors (Lipinski definition) is 2.